The summed E-state index contributed by atoms with van der Waals surface area (Å²) in [5.74, 6) is 0. The van der Waals surface area contributed by atoms with Crippen molar-refractivity contribution in [3.63, 3.8) is 0 Å². The monoisotopic (exact) mass is 553 g/mol. The molecule has 39 heavy (non-hydrogen) atoms. The van der Waals surface area contributed by atoms with E-state index in [1.54, 1.807) is 23.4 Å². The van der Waals surface area contributed by atoms with E-state index < -0.39 is 5.60 Å². The highest BCUT2D eigenvalue weighted by Crippen LogP contribution is 2.40. The first-order valence-corrected chi connectivity index (χ1v) is 13.2. The number of aryl methyl sites for hydroxylation is 2. The summed E-state index contributed by atoms with van der Waals surface area (Å²) in [6.07, 6.45) is 7.52. The van der Waals surface area contributed by atoms with Gasteiger partial charge in [0.25, 0.3) is 0 Å². The molecule has 0 aliphatic rings. The molecule has 0 fully saturated rings. The number of hydrogen-bond donors (Lipinski definition) is 1. The summed E-state index contributed by atoms with van der Waals surface area (Å²) in [6.45, 7) is 2.02. The fourth-order valence-electron chi connectivity index (χ4n) is 4.97. The Kier molecular flexibility index (Phi) is 6.47. The van der Waals surface area contributed by atoms with Gasteiger partial charge in [-0.3, -0.25) is 0 Å². The first-order chi connectivity index (χ1) is 18.8. The predicted octanol–water partition coefficient (Wildman–Crippen LogP) is 6.64. The summed E-state index contributed by atoms with van der Waals surface area (Å²) >= 11 is 13.7. The minimum atomic E-state index is -1.46. The first kappa shape index (κ1) is 25.3. The smallest absolute Gasteiger partial charge is 0.156 e. The molecular weight excluding hydrogens is 529 g/mol. The van der Waals surface area contributed by atoms with Crippen LogP contribution in [0, 0.1) is 6.92 Å². The maximum Gasteiger partial charge on any atom is 0.156 e. The third kappa shape index (κ3) is 4.51. The second-order valence-electron chi connectivity index (χ2n) is 9.69. The van der Waals surface area contributed by atoms with Gasteiger partial charge in [-0.2, -0.15) is 5.10 Å². The number of hydrogen-bond acceptors (Lipinski definition) is 4. The topological polar surface area (TPSA) is 68.8 Å². The Balaban J connectivity index is 1.44. The number of aromatic nitrogens is 5. The number of imidazole rings is 1. The molecular formula is C31H25Cl2N5O. The van der Waals surface area contributed by atoms with Gasteiger partial charge in [-0.1, -0.05) is 71.2 Å². The van der Waals surface area contributed by atoms with Crippen molar-refractivity contribution >= 4 is 34.1 Å². The molecule has 1 unspecified atom stereocenters. The van der Waals surface area contributed by atoms with Gasteiger partial charge in [-0.05, 0) is 53.9 Å². The van der Waals surface area contributed by atoms with E-state index in [2.05, 4.69) is 15.1 Å². The molecule has 6 aromatic rings. The highest BCUT2D eigenvalue weighted by Gasteiger charge is 2.37. The van der Waals surface area contributed by atoms with Gasteiger partial charge in [0.05, 0.1) is 34.4 Å². The Labute approximate surface area is 236 Å². The van der Waals surface area contributed by atoms with E-state index in [9.17, 15) is 5.11 Å². The highest BCUT2D eigenvalue weighted by atomic mass is 35.5. The molecule has 8 heteroatoms. The molecule has 0 bridgehead atoms. The Morgan fingerprint density at radius 3 is 2.36 bits per heavy atom. The molecule has 0 spiro atoms. The minimum absolute atomic E-state index is 0.358. The summed E-state index contributed by atoms with van der Waals surface area (Å²) in [6, 6.07) is 23.4. The fraction of sp³-hybridized carbons (Fsp3) is 0.129. The normalized spacial score (nSPS) is 13.1. The molecule has 0 radical (unpaired) electrons. The predicted molar refractivity (Wildman–Crippen MR) is 155 cm³/mol. The fourth-order valence-corrected chi connectivity index (χ4v) is 5.57. The second-order valence-corrected chi connectivity index (χ2v) is 10.4. The Morgan fingerprint density at radius 1 is 0.949 bits per heavy atom. The van der Waals surface area contributed by atoms with Crippen molar-refractivity contribution in [3.8, 4) is 5.69 Å². The lowest BCUT2D eigenvalue weighted by Crippen LogP contribution is -2.31. The number of pyridine rings is 1. The standard InChI is InChI=1S/C31H25Cl2N5O/c1-20-4-8-22(9-5-20)31(39,28-18-34-19-37(28)2)23-10-13-27-25(17-23)29(32)26(30(33)36-27)16-21-6-11-24(12-7-21)38-15-3-14-35-38/h3-15,17-19,39H,16H2,1-2H3. The van der Waals surface area contributed by atoms with Crippen molar-refractivity contribution in [2.24, 2.45) is 7.05 Å². The van der Waals surface area contributed by atoms with Gasteiger partial charge in [0.1, 0.15) is 5.15 Å². The van der Waals surface area contributed by atoms with Crippen LogP contribution in [0.4, 0.5) is 0 Å². The van der Waals surface area contributed by atoms with Crippen LogP contribution in [0.25, 0.3) is 16.6 Å². The molecule has 6 nitrogen and oxygen atoms in total. The molecule has 3 aromatic carbocycles. The maximum atomic E-state index is 12.3. The number of fused-ring (bicyclic) bond motifs is 1. The quantitative estimate of drug-likeness (QED) is 0.234. The zero-order chi connectivity index (χ0) is 27.1. The molecule has 1 atom stereocenters. The lowest BCUT2D eigenvalue weighted by atomic mass is 9.82. The van der Waals surface area contributed by atoms with Gasteiger partial charge in [0, 0.05) is 36.8 Å². The summed E-state index contributed by atoms with van der Waals surface area (Å²) in [5.41, 5.74) is 5.06. The van der Waals surface area contributed by atoms with Crippen molar-refractivity contribution in [2.45, 2.75) is 18.9 Å². The second kappa shape index (κ2) is 9.97. The lowest BCUT2D eigenvalue weighted by Gasteiger charge is -2.30. The van der Waals surface area contributed by atoms with Gasteiger partial charge < -0.3 is 9.67 Å². The van der Waals surface area contributed by atoms with Crippen molar-refractivity contribution < 1.29 is 5.11 Å². The molecule has 6 rings (SSSR count). The number of halogens is 2. The first-order valence-electron chi connectivity index (χ1n) is 12.5. The van der Waals surface area contributed by atoms with Gasteiger partial charge in [0.2, 0.25) is 0 Å². The van der Waals surface area contributed by atoms with Gasteiger partial charge in [0.15, 0.2) is 5.60 Å². The summed E-state index contributed by atoms with van der Waals surface area (Å²) < 4.78 is 3.63. The molecule has 0 amide bonds. The molecule has 3 heterocycles. The number of nitrogens with zero attached hydrogens (tertiary/aromatic N) is 5. The Hall–Kier alpha value is -3.97. The Bertz CT molecular complexity index is 1780. The molecule has 1 N–H and O–H groups in total. The van der Waals surface area contributed by atoms with Gasteiger partial charge in [-0.25, -0.2) is 14.6 Å². The third-order valence-electron chi connectivity index (χ3n) is 7.13. The van der Waals surface area contributed by atoms with Crippen LogP contribution in [-0.4, -0.2) is 29.4 Å². The SMILES string of the molecule is Cc1ccc(C(O)(c2ccc3nc(Cl)c(Cc4ccc(-n5cccn5)cc4)c(Cl)c3c2)c2cncn2C)cc1. The van der Waals surface area contributed by atoms with Crippen LogP contribution in [0.5, 0.6) is 0 Å². The number of rotatable bonds is 6. The summed E-state index contributed by atoms with van der Waals surface area (Å²) in [5, 5.41) is 18.2. The summed E-state index contributed by atoms with van der Waals surface area (Å²) in [4.78, 5) is 8.92. The molecule has 194 valence electrons. The highest BCUT2D eigenvalue weighted by molar-refractivity contribution is 6.39. The Morgan fingerprint density at radius 2 is 1.69 bits per heavy atom. The average Bonchev–Trinajstić information content (AvgIpc) is 3.64. The van der Waals surface area contributed by atoms with Crippen LogP contribution in [0.3, 0.4) is 0 Å². The molecule has 0 saturated heterocycles. The van der Waals surface area contributed by atoms with Crippen LogP contribution < -0.4 is 0 Å². The van der Waals surface area contributed by atoms with E-state index in [0.29, 0.717) is 33.4 Å². The van der Waals surface area contributed by atoms with Gasteiger partial charge >= 0.3 is 0 Å². The lowest BCUT2D eigenvalue weighted by molar-refractivity contribution is 0.117. The minimum Gasteiger partial charge on any atom is -0.374 e. The van der Waals surface area contributed by atoms with E-state index in [4.69, 9.17) is 23.2 Å². The van der Waals surface area contributed by atoms with E-state index in [1.165, 1.54) is 0 Å². The van der Waals surface area contributed by atoms with E-state index in [0.717, 1.165) is 33.3 Å². The van der Waals surface area contributed by atoms with E-state index in [1.807, 2.05) is 97.5 Å². The van der Waals surface area contributed by atoms with Crippen molar-refractivity contribution in [1.82, 2.24) is 24.3 Å². The van der Waals surface area contributed by atoms with Crippen LogP contribution in [0.2, 0.25) is 10.2 Å². The number of benzene rings is 3. The van der Waals surface area contributed by atoms with Crippen molar-refractivity contribution in [1.29, 1.82) is 0 Å². The summed E-state index contributed by atoms with van der Waals surface area (Å²) in [7, 11) is 1.87. The van der Waals surface area contributed by atoms with Crippen LogP contribution in [-0.2, 0) is 19.1 Å². The molecule has 3 aromatic heterocycles. The van der Waals surface area contributed by atoms with Gasteiger partial charge in [-0.15, -0.1) is 0 Å². The molecule has 0 saturated carbocycles. The van der Waals surface area contributed by atoms with E-state index >= 15 is 0 Å². The number of aliphatic hydroxyl groups is 1. The molecule has 0 aliphatic heterocycles. The van der Waals surface area contributed by atoms with Crippen LogP contribution >= 0.6 is 23.2 Å². The largest absolute Gasteiger partial charge is 0.374 e. The van der Waals surface area contributed by atoms with Crippen molar-refractivity contribution in [2.75, 3.05) is 0 Å². The molecule has 0 aliphatic carbocycles. The van der Waals surface area contributed by atoms with Crippen molar-refractivity contribution in [3.05, 3.63) is 141 Å². The van der Waals surface area contributed by atoms with Crippen LogP contribution in [0.1, 0.15) is 33.5 Å². The average molecular weight is 554 g/mol. The third-order valence-corrected chi connectivity index (χ3v) is 7.87. The maximum absolute atomic E-state index is 12.3. The zero-order valence-corrected chi connectivity index (χ0v) is 22.9. The zero-order valence-electron chi connectivity index (χ0n) is 21.4. The van der Waals surface area contributed by atoms with Crippen LogP contribution in [0.15, 0.2) is 97.7 Å². The van der Waals surface area contributed by atoms with E-state index in [-0.39, 0.29) is 0 Å².